The lowest BCUT2D eigenvalue weighted by Gasteiger charge is -2.03. The molecular formula is C9H8ClN5O. The van der Waals surface area contributed by atoms with E-state index in [0.717, 1.165) is 0 Å². The molecule has 0 atom stereocenters. The monoisotopic (exact) mass is 237 g/mol. The zero-order chi connectivity index (χ0) is 11.5. The van der Waals surface area contributed by atoms with Crippen molar-refractivity contribution in [3.05, 3.63) is 35.2 Å². The first-order valence-electron chi connectivity index (χ1n) is 4.39. The number of nitrogens with two attached hydrogens (primary N) is 1. The van der Waals surface area contributed by atoms with Crippen LogP contribution in [0.3, 0.4) is 0 Å². The fourth-order valence-electron chi connectivity index (χ4n) is 1.12. The molecule has 0 aliphatic rings. The summed E-state index contributed by atoms with van der Waals surface area (Å²) in [4.78, 5) is 15.5. The molecular weight excluding hydrogens is 230 g/mol. The third-order valence-electron chi connectivity index (χ3n) is 1.85. The zero-order valence-electron chi connectivity index (χ0n) is 8.07. The van der Waals surface area contributed by atoms with Gasteiger partial charge in [-0.15, -0.1) is 0 Å². The van der Waals surface area contributed by atoms with Gasteiger partial charge in [0.15, 0.2) is 5.15 Å². The molecule has 0 aliphatic heterocycles. The predicted molar refractivity (Wildman–Crippen MR) is 60.2 cm³/mol. The van der Waals surface area contributed by atoms with Crippen LogP contribution < -0.4 is 11.1 Å². The number of amides is 1. The quantitative estimate of drug-likeness (QED) is 0.686. The molecule has 0 aromatic carbocycles. The highest BCUT2D eigenvalue weighted by Gasteiger charge is 2.10. The van der Waals surface area contributed by atoms with Gasteiger partial charge in [-0.25, -0.2) is 4.98 Å². The summed E-state index contributed by atoms with van der Waals surface area (Å²) < 4.78 is 0. The van der Waals surface area contributed by atoms with Crippen molar-refractivity contribution >= 4 is 29.0 Å². The van der Waals surface area contributed by atoms with Crippen molar-refractivity contribution in [2.24, 2.45) is 0 Å². The number of nitrogens with one attached hydrogen (secondary N) is 2. The number of hydrogen-bond donors (Lipinski definition) is 3. The summed E-state index contributed by atoms with van der Waals surface area (Å²) in [5.41, 5.74) is 6.07. The molecule has 82 valence electrons. The van der Waals surface area contributed by atoms with Gasteiger partial charge < -0.3 is 11.1 Å². The number of hydrogen-bond acceptors (Lipinski definition) is 4. The molecule has 16 heavy (non-hydrogen) atoms. The van der Waals surface area contributed by atoms with Crippen LogP contribution in [-0.4, -0.2) is 21.1 Å². The molecule has 0 saturated carbocycles. The van der Waals surface area contributed by atoms with E-state index in [4.69, 9.17) is 17.3 Å². The molecule has 4 N–H and O–H groups in total. The van der Waals surface area contributed by atoms with E-state index in [2.05, 4.69) is 20.5 Å². The zero-order valence-corrected chi connectivity index (χ0v) is 8.82. The second-order valence-corrected chi connectivity index (χ2v) is 3.36. The SMILES string of the molecule is Nc1cc(C(=O)Nc2cccnc2Cl)[nH]n1. The minimum atomic E-state index is -0.376. The number of nitrogens with zero attached hydrogens (tertiary/aromatic N) is 2. The van der Waals surface area contributed by atoms with Crippen LogP contribution in [0.1, 0.15) is 10.5 Å². The Hall–Kier alpha value is -2.08. The summed E-state index contributed by atoms with van der Waals surface area (Å²) in [7, 11) is 0. The van der Waals surface area contributed by atoms with Gasteiger partial charge in [0, 0.05) is 12.3 Å². The Bertz CT molecular complexity index is 524. The predicted octanol–water partition coefficient (Wildman–Crippen LogP) is 1.29. The Morgan fingerprint density at radius 3 is 3.00 bits per heavy atom. The minimum Gasteiger partial charge on any atom is -0.382 e. The number of pyridine rings is 1. The number of halogens is 1. The van der Waals surface area contributed by atoms with E-state index < -0.39 is 0 Å². The molecule has 2 aromatic rings. The van der Waals surface area contributed by atoms with Gasteiger partial charge in [0.05, 0.1) is 5.69 Å². The molecule has 0 unspecified atom stereocenters. The molecule has 6 nitrogen and oxygen atoms in total. The standard InChI is InChI=1S/C9H8ClN5O/c10-8-5(2-1-3-12-8)13-9(16)6-4-7(11)15-14-6/h1-4H,(H,13,16)(H3,11,14,15). The lowest BCUT2D eigenvalue weighted by Crippen LogP contribution is -2.12. The van der Waals surface area contributed by atoms with Crippen molar-refractivity contribution < 1.29 is 4.79 Å². The van der Waals surface area contributed by atoms with Crippen LogP contribution in [0.4, 0.5) is 11.5 Å². The summed E-state index contributed by atoms with van der Waals surface area (Å²) in [6.07, 6.45) is 1.53. The summed E-state index contributed by atoms with van der Waals surface area (Å²) in [5.74, 6) is -0.124. The van der Waals surface area contributed by atoms with Crippen LogP contribution in [-0.2, 0) is 0 Å². The Balaban J connectivity index is 2.17. The number of anilines is 2. The average Bonchev–Trinajstić information content (AvgIpc) is 2.68. The summed E-state index contributed by atoms with van der Waals surface area (Å²) in [5, 5.41) is 8.94. The Morgan fingerprint density at radius 1 is 1.56 bits per heavy atom. The molecule has 0 bridgehead atoms. The van der Waals surface area contributed by atoms with Crippen molar-refractivity contribution in [3.63, 3.8) is 0 Å². The molecule has 2 heterocycles. The topological polar surface area (TPSA) is 96.7 Å². The molecule has 2 aromatic heterocycles. The highest BCUT2D eigenvalue weighted by atomic mass is 35.5. The number of carbonyl (C=O) groups is 1. The van der Waals surface area contributed by atoms with E-state index in [1.54, 1.807) is 12.1 Å². The summed E-state index contributed by atoms with van der Waals surface area (Å²) in [6, 6.07) is 4.75. The maximum atomic E-state index is 11.7. The summed E-state index contributed by atoms with van der Waals surface area (Å²) in [6.45, 7) is 0. The van der Waals surface area contributed by atoms with Gasteiger partial charge in [-0.1, -0.05) is 11.6 Å². The summed E-state index contributed by atoms with van der Waals surface area (Å²) >= 11 is 5.78. The van der Waals surface area contributed by atoms with E-state index in [0.29, 0.717) is 5.69 Å². The smallest absolute Gasteiger partial charge is 0.273 e. The van der Waals surface area contributed by atoms with E-state index in [-0.39, 0.29) is 22.6 Å². The number of aromatic amines is 1. The van der Waals surface area contributed by atoms with Crippen LogP contribution in [0.2, 0.25) is 5.15 Å². The van der Waals surface area contributed by atoms with Gasteiger partial charge in [-0.05, 0) is 12.1 Å². The number of rotatable bonds is 2. The number of carbonyl (C=O) groups excluding carboxylic acids is 1. The molecule has 7 heteroatoms. The van der Waals surface area contributed by atoms with Crippen LogP contribution in [0.25, 0.3) is 0 Å². The lowest BCUT2D eigenvalue weighted by molar-refractivity contribution is 0.102. The first-order valence-corrected chi connectivity index (χ1v) is 4.77. The van der Waals surface area contributed by atoms with E-state index in [1.165, 1.54) is 12.3 Å². The molecule has 0 spiro atoms. The third kappa shape index (κ3) is 2.12. The normalized spacial score (nSPS) is 10.1. The van der Waals surface area contributed by atoms with Gasteiger partial charge in [-0.2, -0.15) is 5.10 Å². The van der Waals surface area contributed by atoms with E-state index >= 15 is 0 Å². The molecule has 0 aliphatic carbocycles. The number of H-pyrrole nitrogens is 1. The largest absolute Gasteiger partial charge is 0.382 e. The van der Waals surface area contributed by atoms with Gasteiger partial charge in [0.1, 0.15) is 11.5 Å². The second-order valence-electron chi connectivity index (χ2n) is 3.00. The Labute approximate surface area is 95.8 Å². The highest BCUT2D eigenvalue weighted by Crippen LogP contribution is 2.18. The molecule has 0 fully saturated rings. The van der Waals surface area contributed by atoms with Crippen molar-refractivity contribution in [2.75, 3.05) is 11.1 Å². The van der Waals surface area contributed by atoms with Gasteiger partial charge in [0.25, 0.3) is 5.91 Å². The van der Waals surface area contributed by atoms with Crippen molar-refractivity contribution in [1.82, 2.24) is 15.2 Å². The molecule has 2 rings (SSSR count). The highest BCUT2D eigenvalue weighted by molar-refractivity contribution is 6.32. The third-order valence-corrected chi connectivity index (χ3v) is 2.15. The van der Waals surface area contributed by atoms with Crippen LogP contribution in [0.15, 0.2) is 24.4 Å². The molecule has 1 amide bonds. The van der Waals surface area contributed by atoms with Crippen molar-refractivity contribution in [2.45, 2.75) is 0 Å². The maximum Gasteiger partial charge on any atom is 0.273 e. The maximum absolute atomic E-state index is 11.7. The van der Waals surface area contributed by atoms with Crippen LogP contribution in [0, 0.1) is 0 Å². The minimum absolute atomic E-state index is 0.225. The van der Waals surface area contributed by atoms with Crippen molar-refractivity contribution in [1.29, 1.82) is 0 Å². The first-order chi connectivity index (χ1) is 7.66. The van der Waals surface area contributed by atoms with Gasteiger partial charge in [-0.3, -0.25) is 9.89 Å². The fraction of sp³-hybridized carbons (Fsp3) is 0. The fourth-order valence-corrected chi connectivity index (χ4v) is 1.29. The average molecular weight is 238 g/mol. The van der Waals surface area contributed by atoms with E-state index in [9.17, 15) is 4.79 Å². The lowest BCUT2D eigenvalue weighted by atomic mass is 10.3. The van der Waals surface area contributed by atoms with Crippen LogP contribution in [0.5, 0.6) is 0 Å². The van der Waals surface area contributed by atoms with Gasteiger partial charge in [0.2, 0.25) is 0 Å². The Morgan fingerprint density at radius 2 is 2.38 bits per heavy atom. The van der Waals surface area contributed by atoms with Gasteiger partial charge >= 0.3 is 0 Å². The number of aromatic nitrogens is 3. The first kappa shape index (κ1) is 10.4. The van der Waals surface area contributed by atoms with E-state index in [1.807, 2.05) is 0 Å². The molecule has 0 radical (unpaired) electrons. The number of nitrogen functional groups attached to an aromatic ring is 1. The molecule has 0 saturated heterocycles. The second kappa shape index (κ2) is 4.19. The van der Waals surface area contributed by atoms with Crippen molar-refractivity contribution in [3.8, 4) is 0 Å². The Kier molecular flexibility index (Phi) is 2.74. The van der Waals surface area contributed by atoms with Crippen LogP contribution >= 0.6 is 11.6 Å².